The Kier molecular flexibility index (Phi) is 5.34. The summed E-state index contributed by atoms with van der Waals surface area (Å²) >= 11 is 0. The number of rotatable bonds is 3. The second-order valence-corrected chi connectivity index (χ2v) is 7.87. The van der Waals surface area contributed by atoms with Gasteiger partial charge in [-0.2, -0.15) is 0 Å². The lowest BCUT2D eigenvalue weighted by atomic mass is 10.1. The fourth-order valence-corrected chi connectivity index (χ4v) is 4.21. The van der Waals surface area contributed by atoms with E-state index >= 15 is 0 Å². The standard InChI is InChI=1S/C19H28N6O3/c1-21-6-10-24(11-7-21)19(28)17-20-16(15-4-2-3-5-25(15)17)18(27)23-12-8-22(14-26)9-13-23/h14H,2-13H2,1H3. The SMILES string of the molecule is CN1CCN(C(=O)c2nc(C(=O)N3CCN(C=O)CC3)c3n2CCCC3)CC1. The number of hydrogen-bond donors (Lipinski definition) is 0. The molecule has 0 unspecified atom stereocenters. The summed E-state index contributed by atoms with van der Waals surface area (Å²) in [6, 6.07) is 0. The number of fused-ring (bicyclic) bond motifs is 1. The maximum Gasteiger partial charge on any atom is 0.289 e. The summed E-state index contributed by atoms with van der Waals surface area (Å²) < 4.78 is 1.97. The molecule has 9 heteroatoms. The highest BCUT2D eigenvalue weighted by atomic mass is 16.2. The van der Waals surface area contributed by atoms with Gasteiger partial charge in [0.05, 0.1) is 5.69 Å². The van der Waals surface area contributed by atoms with Crippen molar-refractivity contribution in [3.8, 4) is 0 Å². The largest absolute Gasteiger partial charge is 0.342 e. The molecule has 0 atom stereocenters. The summed E-state index contributed by atoms with van der Waals surface area (Å²) in [4.78, 5) is 49.2. The maximum atomic E-state index is 13.1. The first-order valence-electron chi connectivity index (χ1n) is 10.1. The van der Waals surface area contributed by atoms with Crippen molar-refractivity contribution in [2.45, 2.75) is 25.8 Å². The molecule has 0 N–H and O–H groups in total. The first kappa shape index (κ1) is 18.9. The topological polar surface area (TPSA) is 82.0 Å². The first-order valence-corrected chi connectivity index (χ1v) is 10.1. The van der Waals surface area contributed by atoms with Crippen molar-refractivity contribution in [3.05, 3.63) is 17.2 Å². The van der Waals surface area contributed by atoms with E-state index in [9.17, 15) is 14.4 Å². The van der Waals surface area contributed by atoms with E-state index < -0.39 is 0 Å². The van der Waals surface area contributed by atoms with Crippen LogP contribution in [-0.4, -0.2) is 107 Å². The number of piperazine rings is 2. The first-order chi connectivity index (χ1) is 13.6. The summed E-state index contributed by atoms with van der Waals surface area (Å²) in [5.74, 6) is 0.226. The molecule has 0 aliphatic carbocycles. The molecule has 3 amide bonds. The van der Waals surface area contributed by atoms with Gasteiger partial charge in [0.25, 0.3) is 11.8 Å². The normalized spacial score (nSPS) is 20.8. The van der Waals surface area contributed by atoms with E-state index in [0.29, 0.717) is 50.8 Å². The molecule has 2 saturated heterocycles. The third-order valence-electron chi connectivity index (χ3n) is 6.05. The van der Waals surface area contributed by atoms with E-state index in [4.69, 9.17) is 0 Å². The highest BCUT2D eigenvalue weighted by Gasteiger charge is 2.33. The van der Waals surface area contributed by atoms with Gasteiger partial charge in [0.1, 0.15) is 5.69 Å². The lowest BCUT2D eigenvalue weighted by Crippen LogP contribution is -2.48. The van der Waals surface area contributed by atoms with Crippen molar-refractivity contribution >= 4 is 18.2 Å². The zero-order valence-corrected chi connectivity index (χ0v) is 16.5. The molecular weight excluding hydrogens is 360 g/mol. The molecular formula is C19H28N6O3. The average molecular weight is 388 g/mol. The molecule has 0 aromatic carbocycles. The Bertz CT molecular complexity index is 760. The molecule has 3 aliphatic heterocycles. The number of imidazole rings is 1. The van der Waals surface area contributed by atoms with Gasteiger partial charge < -0.3 is 24.2 Å². The summed E-state index contributed by atoms with van der Waals surface area (Å²) in [6.45, 7) is 5.92. The van der Waals surface area contributed by atoms with Crippen LogP contribution < -0.4 is 0 Å². The predicted molar refractivity (Wildman–Crippen MR) is 102 cm³/mol. The second kappa shape index (κ2) is 7.90. The van der Waals surface area contributed by atoms with Crippen LogP contribution in [0.3, 0.4) is 0 Å². The van der Waals surface area contributed by atoms with Gasteiger partial charge >= 0.3 is 0 Å². The van der Waals surface area contributed by atoms with Gasteiger partial charge in [0.2, 0.25) is 6.41 Å². The summed E-state index contributed by atoms with van der Waals surface area (Å²) in [5.41, 5.74) is 1.32. The Balaban J connectivity index is 1.58. The number of carbonyl (C=O) groups excluding carboxylic acids is 3. The van der Waals surface area contributed by atoms with Crippen molar-refractivity contribution in [2.24, 2.45) is 0 Å². The molecule has 9 nitrogen and oxygen atoms in total. The fourth-order valence-electron chi connectivity index (χ4n) is 4.21. The van der Waals surface area contributed by atoms with Gasteiger partial charge in [-0.25, -0.2) is 4.98 Å². The van der Waals surface area contributed by atoms with E-state index in [1.165, 1.54) is 0 Å². The van der Waals surface area contributed by atoms with Gasteiger partial charge in [-0.15, -0.1) is 0 Å². The Morgan fingerprint density at radius 3 is 2.18 bits per heavy atom. The van der Waals surface area contributed by atoms with E-state index in [0.717, 1.165) is 51.0 Å². The lowest BCUT2D eigenvalue weighted by molar-refractivity contribution is -0.119. The number of hydrogen-bond acceptors (Lipinski definition) is 5. The van der Waals surface area contributed by atoms with Crippen molar-refractivity contribution in [1.29, 1.82) is 0 Å². The van der Waals surface area contributed by atoms with Crippen molar-refractivity contribution in [3.63, 3.8) is 0 Å². The van der Waals surface area contributed by atoms with Gasteiger partial charge in [0.15, 0.2) is 5.82 Å². The number of nitrogens with zero attached hydrogens (tertiary/aromatic N) is 6. The highest BCUT2D eigenvalue weighted by Crippen LogP contribution is 2.24. The smallest absolute Gasteiger partial charge is 0.289 e. The third-order valence-corrected chi connectivity index (χ3v) is 6.05. The quantitative estimate of drug-likeness (QED) is 0.654. The van der Waals surface area contributed by atoms with Crippen LogP contribution >= 0.6 is 0 Å². The van der Waals surface area contributed by atoms with Crippen LogP contribution in [0.25, 0.3) is 0 Å². The number of carbonyl (C=O) groups is 3. The third kappa shape index (κ3) is 3.50. The van der Waals surface area contributed by atoms with Gasteiger partial charge in [-0.05, 0) is 26.3 Å². The number of aromatic nitrogens is 2. The molecule has 4 rings (SSSR count). The Hall–Kier alpha value is -2.42. The van der Waals surface area contributed by atoms with Crippen molar-refractivity contribution < 1.29 is 14.4 Å². The Morgan fingerprint density at radius 1 is 0.857 bits per heavy atom. The molecule has 0 spiro atoms. The molecule has 2 fully saturated rings. The lowest BCUT2D eigenvalue weighted by Gasteiger charge is -2.32. The molecule has 152 valence electrons. The zero-order valence-electron chi connectivity index (χ0n) is 16.5. The maximum absolute atomic E-state index is 13.1. The molecule has 4 heterocycles. The number of amides is 3. The molecule has 1 aromatic heterocycles. The van der Waals surface area contributed by atoms with Gasteiger partial charge in [-0.3, -0.25) is 14.4 Å². The van der Waals surface area contributed by atoms with E-state index in [1.807, 2.05) is 9.47 Å². The van der Waals surface area contributed by atoms with Crippen LogP contribution in [0.4, 0.5) is 0 Å². The molecule has 0 saturated carbocycles. The summed E-state index contributed by atoms with van der Waals surface area (Å²) in [5, 5.41) is 0. The van der Waals surface area contributed by atoms with Crippen LogP contribution in [0.2, 0.25) is 0 Å². The minimum Gasteiger partial charge on any atom is -0.342 e. The Labute approximate surface area is 164 Å². The minimum atomic E-state index is -0.117. The van der Waals surface area contributed by atoms with Crippen molar-refractivity contribution in [2.75, 3.05) is 59.4 Å². The van der Waals surface area contributed by atoms with Gasteiger partial charge in [-0.1, -0.05) is 0 Å². The van der Waals surface area contributed by atoms with Crippen LogP contribution in [0.15, 0.2) is 0 Å². The molecule has 1 aromatic rings. The average Bonchev–Trinajstić information content (AvgIpc) is 3.13. The molecule has 3 aliphatic rings. The highest BCUT2D eigenvalue weighted by molar-refractivity contribution is 5.97. The van der Waals surface area contributed by atoms with Crippen molar-refractivity contribution in [1.82, 2.24) is 29.2 Å². The fraction of sp³-hybridized carbons (Fsp3) is 0.684. The Morgan fingerprint density at radius 2 is 1.50 bits per heavy atom. The summed E-state index contributed by atoms with van der Waals surface area (Å²) in [6.07, 6.45) is 3.61. The second-order valence-electron chi connectivity index (χ2n) is 7.87. The molecule has 28 heavy (non-hydrogen) atoms. The van der Waals surface area contributed by atoms with E-state index in [1.54, 1.807) is 9.80 Å². The van der Waals surface area contributed by atoms with Crippen LogP contribution in [0.1, 0.15) is 39.6 Å². The van der Waals surface area contributed by atoms with Crippen LogP contribution in [0, 0.1) is 0 Å². The van der Waals surface area contributed by atoms with Crippen LogP contribution in [0.5, 0.6) is 0 Å². The molecule has 0 bridgehead atoms. The number of likely N-dealkylation sites (N-methyl/N-ethyl adjacent to an activating group) is 1. The van der Waals surface area contributed by atoms with E-state index in [2.05, 4.69) is 16.9 Å². The van der Waals surface area contributed by atoms with E-state index in [-0.39, 0.29) is 11.8 Å². The minimum absolute atomic E-state index is 0.0684. The monoisotopic (exact) mass is 388 g/mol. The predicted octanol–water partition coefficient (Wildman–Crippen LogP) is -0.479. The zero-order chi connectivity index (χ0) is 19.7. The summed E-state index contributed by atoms with van der Waals surface area (Å²) in [7, 11) is 2.06. The van der Waals surface area contributed by atoms with Crippen LogP contribution in [-0.2, 0) is 17.8 Å². The molecule has 0 radical (unpaired) electrons. The van der Waals surface area contributed by atoms with Gasteiger partial charge in [0, 0.05) is 58.9 Å².